The molecule has 0 aromatic heterocycles. The van der Waals surface area contributed by atoms with E-state index in [0.29, 0.717) is 6.54 Å². The van der Waals surface area contributed by atoms with Crippen LogP contribution in [0.15, 0.2) is 46.1 Å². The quantitative estimate of drug-likeness (QED) is 0.146. The molecule has 1 spiro atoms. The zero-order chi connectivity index (χ0) is 43.5. The number of likely N-dealkylation sites (tertiary alicyclic amines) is 1. The van der Waals surface area contributed by atoms with E-state index in [1.54, 1.807) is 52.8 Å². The number of aliphatic hydroxyl groups is 3. The monoisotopic (exact) mass is 820 g/mol. The number of aliphatic hydroxyl groups excluding tert-OH is 3. The molecular formula is C44H60N4O11. The molecule has 15 nitrogen and oxygen atoms in total. The van der Waals surface area contributed by atoms with Crippen molar-refractivity contribution in [1.82, 2.24) is 0 Å². The number of methoxy groups -OCH3 is 1. The molecule has 4 aliphatic rings. The molecule has 0 saturated carbocycles. The molecule has 1 amide bonds. The van der Waals surface area contributed by atoms with Gasteiger partial charge in [0.15, 0.2) is 11.4 Å². The van der Waals surface area contributed by atoms with Crippen LogP contribution in [0.1, 0.15) is 84.2 Å². The van der Waals surface area contributed by atoms with E-state index in [9.17, 15) is 40.3 Å². The maximum atomic E-state index is 14.6. The SMILES string of the molecule is CO[C@H]1/C=C/O[C@@]2(C)Oc3c(C)c(O)c4c(O)c(c5c(c4c3C2=O)=NC2(CC[N+]([O-])(CC(C)C)CC2)N=5)NC(=O)/C(C)=C/C=C/[C@@H](C)[C@H](O)[C@@H](C)[C@H](O)[C@H](C)[C@H](O)[C@H]1C. The van der Waals surface area contributed by atoms with Crippen LogP contribution in [-0.4, -0.2) is 104 Å². The van der Waals surface area contributed by atoms with Crippen LogP contribution in [0.5, 0.6) is 17.2 Å². The fourth-order valence-corrected chi connectivity index (χ4v) is 9.05. The van der Waals surface area contributed by atoms with Gasteiger partial charge in [-0.1, -0.05) is 59.8 Å². The van der Waals surface area contributed by atoms with Gasteiger partial charge in [0.05, 0.1) is 66.6 Å². The van der Waals surface area contributed by atoms with Crippen LogP contribution >= 0.6 is 0 Å². The van der Waals surface area contributed by atoms with E-state index < -0.39 is 87.4 Å². The number of ether oxygens (including phenoxy) is 3. The molecule has 4 heterocycles. The predicted octanol–water partition coefficient (Wildman–Crippen LogP) is 4.19. The highest BCUT2D eigenvalue weighted by Crippen LogP contribution is 2.50. The Kier molecular flexibility index (Phi) is 12.2. The largest absolute Gasteiger partial charge is 0.633 e. The van der Waals surface area contributed by atoms with E-state index in [2.05, 4.69) is 5.32 Å². The van der Waals surface area contributed by atoms with E-state index >= 15 is 0 Å². The van der Waals surface area contributed by atoms with Crippen LogP contribution < -0.4 is 20.8 Å². The van der Waals surface area contributed by atoms with E-state index in [1.807, 2.05) is 13.8 Å². The van der Waals surface area contributed by atoms with Crippen molar-refractivity contribution in [2.24, 2.45) is 39.6 Å². The first-order chi connectivity index (χ1) is 27.6. The molecule has 59 heavy (non-hydrogen) atoms. The number of hydrogen-bond acceptors (Lipinski definition) is 13. The highest BCUT2D eigenvalue weighted by Gasteiger charge is 2.50. The number of carbonyl (C=O) groups excluding carboxylic acids is 2. The van der Waals surface area contributed by atoms with Gasteiger partial charge in [-0.2, -0.15) is 0 Å². The highest BCUT2D eigenvalue weighted by atomic mass is 16.7. The summed E-state index contributed by atoms with van der Waals surface area (Å²) in [6.45, 7) is 16.3. The number of phenolic OH excluding ortho intramolecular Hbond substituents is 2. The Hall–Kier alpha value is -4.38. The number of nitrogens with zero attached hydrogens (tertiary/aromatic N) is 3. The fraction of sp³-hybridized carbons (Fsp3) is 0.591. The lowest BCUT2D eigenvalue weighted by Crippen LogP contribution is -2.54. The van der Waals surface area contributed by atoms with Crippen LogP contribution in [0.2, 0.25) is 0 Å². The van der Waals surface area contributed by atoms with Crippen molar-refractivity contribution in [1.29, 1.82) is 0 Å². The second-order valence-electron chi connectivity index (χ2n) is 17.8. The summed E-state index contributed by atoms with van der Waals surface area (Å²) < 4.78 is 17.5. The first-order valence-electron chi connectivity index (χ1n) is 20.5. The molecule has 6 N–H and O–H groups in total. The van der Waals surface area contributed by atoms with Crippen LogP contribution in [0.3, 0.4) is 0 Å². The van der Waals surface area contributed by atoms with Gasteiger partial charge in [0, 0.05) is 73.0 Å². The number of allylic oxidation sites excluding steroid dienone is 2. The molecule has 0 radical (unpaired) electrons. The van der Waals surface area contributed by atoms with Crippen molar-refractivity contribution >= 4 is 28.2 Å². The van der Waals surface area contributed by atoms with E-state index in [1.165, 1.54) is 33.3 Å². The van der Waals surface area contributed by atoms with Gasteiger partial charge < -0.3 is 54.9 Å². The summed E-state index contributed by atoms with van der Waals surface area (Å²) in [6.07, 6.45) is 4.20. The van der Waals surface area contributed by atoms with Crippen LogP contribution in [0, 0.1) is 41.7 Å². The predicted molar refractivity (Wildman–Crippen MR) is 220 cm³/mol. The molecule has 4 aliphatic heterocycles. The molecule has 322 valence electrons. The number of amides is 1. The summed E-state index contributed by atoms with van der Waals surface area (Å²) in [5.41, 5.74) is -0.916. The topological polar surface area (TPSA) is 223 Å². The Labute approximate surface area is 344 Å². The van der Waals surface area contributed by atoms with Gasteiger partial charge >= 0.3 is 5.79 Å². The Bertz CT molecular complexity index is 2230. The molecule has 9 atom stereocenters. The number of Topliss-reactive ketones (excluding diaryl/α,β-unsaturated/α-hetero) is 1. The zero-order valence-corrected chi connectivity index (χ0v) is 35.6. The number of nitrogens with one attached hydrogen (secondary N) is 1. The Morgan fingerprint density at radius 2 is 1.54 bits per heavy atom. The van der Waals surface area contributed by atoms with E-state index in [4.69, 9.17) is 24.2 Å². The third kappa shape index (κ3) is 7.88. The second-order valence-corrected chi connectivity index (χ2v) is 17.8. The number of hydroxylamine groups is 3. The number of anilines is 1. The van der Waals surface area contributed by atoms with E-state index in [-0.39, 0.29) is 81.5 Å². The average molecular weight is 821 g/mol. The number of aromatic hydroxyl groups is 2. The number of carbonyl (C=O) groups is 2. The molecule has 15 heteroatoms. The molecule has 0 aliphatic carbocycles. The van der Waals surface area contributed by atoms with Gasteiger partial charge in [-0.25, -0.2) is 0 Å². The number of benzene rings is 2. The number of ketones is 1. The Morgan fingerprint density at radius 1 is 0.932 bits per heavy atom. The number of piperidine rings is 1. The van der Waals surface area contributed by atoms with Gasteiger partial charge in [-0.3, -0.25) is 19.6 Å². The van der Waals surface area contributed by atoms with Gasteiger partial charge in [-0.15, -0.1) is 0 Å². The summed E-state index contributed by atoms with van der Waals surface area (Å²) in [5, 5.41) is 74.4. The maximum Gasteiger partial charge on any atom is 0.312 e. The van der Waals surface area contributed by atoms with Gasteiger partial charge in [0.1, 0.15) is 22.5 Å². The molecule has 2 aromatic carbocycles. The number of hydrogen-bond donors (Lipinski definition) is 6. The van der Waals surface area contributed by atoms with Crippen molar-refractivity contribution in [2.45, 2.75) is 111 Å². The van der Waals surface area contributed by atoms with Crippen molar-refractivity contribution in [2.75, 3.05) is 32.1 Å². The zero-order valence-electron chi connectivity index (χ0n) is 35.6. The van der Waals surface area contributed by atoms with Crippen LogP contribution in [-0.2, 0) is 14.3 Å². The van der Waals surface area contributed by atoms with E-state index in [0.717, 1.165) is 0 Å². The summed E-state index contributed by atoms with van der Waals surface area (Å²) in [6, 6.07) is 0. The lowest BCUT2D eigenvalue weighted by molar-refractivity contribution is -0.889. The minimum Gasteiger partial charge on any atom is -0.633 e. The summed E-state index contributed by atoms with van der Waals surface area (Å²) >= 11 is 0. The third-order valence-electron chi connectivity index (χ3n) is 12.9. The first kappa shape index (κ1) is 44.2. The van der Waals surface area contributed by atoms with Crippen molar-refractivity contribution in [3.8, 4) is 17.2 Å². The normalized spacial score (nSPS) is 37.3. The molecule has 0 unspecified atom stereocenters. The summed E-state index contributed by atoms with van der Waals surface area (Å²) in [4.78, 5) is 38.6. The summed E-state index contributed by atoms with van der Waals surface area (Å²) in [5.74, 6) is -6.37. The van der Waals surface area contributed by atoms with Gasteiger partial charge in [0.2, 0.25) is 0 Å². The first-order valence-corrected chi connectivity index (χ1v) is 20.5. The average Bonchev–Trinajstić information content (AvgIpc) is 3.69. The Morgan fingerprint density at radius 3 is 2.17 bits per heavy atom. The van der Waals surface area contributed by atoms with Crippen molar-refractivity contribution in [3.05, 3.63) is 63.2 Å². The molecule has 6 rings (SSSR count). The third-order valence-corrected chi connectivity index (χ3v) is 12.9. The van der Waals surface area contributed by atoms with Crippen molar-refractivity contribution < 1.29 is 54.0 Å². The highest BCUT2D eigenvalue weighted by molar-refractivity contribution is 6.19. The molecular weight excluding hydrogens is 761 g/mol. The van der Waals surface area contributed by atoms with Gasteiger partial charge in [-0.05, 0) is 19.9 Å². The van der Waals surface area contributed by atoms with Crippen LogP contribution in [0.4, 0.5) is 5.69 Å². The minimum atomic E-state index is -1.97. The molecule has 1 fully saturated rings. The number of rotatable bonds is 3. The lowest BCUT2D eigenvalue weighted by Gasteiger charge is -2.49. The number of quaternary nitrogens is 1. The molecule has 1 saturated heterocycles. The number of phenols is 2. The smallest absolute Gasteiger partial charge is 0.312 e. The summed E-state index contributed by atoms with van der Waals surface area (Å²) in [7, 11) is 1.45. The standard InChI is InChI=1S/C44H60N4O11/c1-21(2)20-48(56)17-15-44(16-18-48)46-32-29-30-38(52)27(8)40-31(29)41(54)43(9,59-40)58-19-14-28(57-10)24(5)36(50)26(7)37(51)25(6)35(49)22(3)12-11-13-23(4)42(55)45-34(39(30)53)33(32)47-44/h11-14,19,21-22,24-26,28,35-37,49-53H,15-18,20H2,1-10H3,(H,45,55)/b12-11+,19-14+,23-13+/t22-,24+,25-,26-,28+,35+,36-,37+,43+,44?,48?/m1/s1. The van der Waals surface area contributed by atoms with Gasteiger partial charge in [0.25, 0.3) is 11.7 Å². The lowest BCUT2D eigenvalue weighted by atomic mass is 9.78. The fourth-order valence-electron chi connectivity index (χ4n) is 9.05. The minimum absolute atomic E-state index is 0.00723. The maximum absolute atomic E-state index is 14.6. The Balaban J connectivity index is 1.55. The molecule has 2 aromatic rings. The second kappa shape index (κ2) is 16.2. The number of fused-ring (bicyclic) bond motifs is 1. The van der Waals surface area contributed by atoms with Crippen molar-refractivity contribution in [3.63, 3.8) is 0 Å². The van der Waals surface area contributed by atoms with Crippen LogP contribution in [0.25, 0.3) is 10.8 Å². The molecule has 4 bridgehead atoms.